The van der Waals surface area contributed by atoms with Crippen LogP contribution >= 0.6 is 11.3 Å². The van der Waals surface area contributed by atoms with E-state index >= 15 is 0 Å². The van der Waals surface area contributed by atoms with Crippen LogP contribution < -0.4 is 5.32 Å². The van der Waals surface area contributed by atoms with Crippen LogP contribution in [0.25, 0.3) is 0 Å². The summed E-state index contributed by atoms with van der Waals surface area (Å²) < 4.78 is 5.41. The zero-order chi connectivity index (χ0) is 16.2. The maximum absolute atomic E-state index is 12.1. The molecule has 0 atom stereocenters. The maximum Gasteiger partial charge on any atom is 0.254 e. The Morgan fingerprint density at radius 3 is 2.78 bits per heavy atom. The van der Waals surface area contributed by atoms with Crippen molar-refractivity contribution in [2.75, 3.05) is 26.2 Å². The quantitative estimate of drug-likeness (QED) is 0.910. The van der Waals surface area contributed by atoms with Gasteiger partial charge >= 0.3 is 0 Å². The number of carbonyl (C=O) groups is 1. The Hall–Kier alpha value is -1.59. The van der Waals surface area contributed by atoms with Crippen LogP contribution in [-0.2, 0) is 0 Å². The van der Waals surface area contributed by atoms with E-state index in [0.29, 0.717) is 17.9 Å². The molecule has 0 aromatic carbocycles. The summed E-state index contributed by atoms with van der Waals surface area (Å²) in [4.78, 5) is 16.1. The lowest BCUT2D eigenvalue weighted by atomic mass is 9.95. The fourth-order valence-electron chi connectivity index (χ4n) is 3.24. The Kier molecular flexibility index (Phi) is 5.18. The second-order valence-electron chi connectivity index (χ2n) is 6.21. The molecule has 4 nitrogen and oxygen atoms in total. The van der Waals surface area contributed by atoms with Crippen LogP contribution in [0.2, 0.25) is 0 Å². The van der Waals surface area contributed by atoms with Crippen LogP contribution in [0.5, 0.6) is 0 Å². The van der Waals surface area contributed by atoms with Crippen molar-refractivity contribution in [2.45, 2.75) is 32.6 Å². The standard InChI is InChI=1S/C18H24N2O2S/c1-13-12-16(14(2)22-13)18(21)19-7-10-20-8-5-15(6-9-20)17-4-3-11-23-17/h3-4,11-12,15H,5-10H2,1-2H3,(H,19,21). The van der Waals surface area contributed by atoms with Crippen molar-refractivity contribution in [2.24, 2.45) is 0 Å². The largest absolute Gasteiger partial charge is 0.466 e. The van der Waals surface area contributed by atoms with Gasteiger partial charge in [-0.1, -0.05) is 6.07 Å². The van der Waals surface area contributed by atoms with Gasteiger partial charge in [0, 0.05) is 18.0 Å². The van der Waals surface area contributed by atoms with Gasteiger partial charge < -0.3 is 14.6 Å². The van der Waals surface area contributed by atoms with Crippen LogP contribution in [0.3, 0.4) is 0 Å². The molecule has 23 heavy (non-hydrogen) atoms. The molecular formula is C18H24N2O2S. The smallest absolute Gasteiger partial charge is 0.254 e. The molecule has 1 aliphatic rings. The molecule has 3 heterocycles. The van der Waals surface area contributed by atoms with E-state index in [2.05, 4.69) is 27.7 Å². The number of piperidine rings is 1. The van der Waals surface area contributed by atoms with Crippen molar-refractivity contribution in [3.63, 3.8) is 0 Å². The third-order valence-corrected chi connectivity index (χ3v) is 5.57. The van der Waals surface area contributed by atoms with Gasteiger partial charge in [0.2, 0.25) is 0 Å². The van der Waals surface area contributed by atoms with Crippen molar-refractivity contribution in [3.8, 4) is 0 Å². The highest BCUT2D eigenvalue weighted by Crippen LogP contribution is 2.30. The molecule has 1 saturated heterocycles. The summed E-state index contributed by atoms with van der Waals surface area (Å²) in [5, 5.41) is 5.16. The number of hydrogen-bond donors (Lipinski definition) is 1. The Morgan fingerprint density at radius 2 is 2.17 bits per heavy atom. The number of nitrogens with zero attached hydrogens (tertiary/aromatic N) is 1. The van der Waals surface area contributed by atoms with Crippen molar-refractivity contribution in [3.05, 3.63) is 45.5 Å². The first kappa shape index (κ1) is 16.3. The summed E-state index contributed by atoms with van der Waals surface area (Å²) in [5.74, 6) is 2.16. The second kappa shape index (κ2) is 7.32. The molecule has 0 spiro atoms. The summed E-state index contributed by atoms with van der Waals surface area (Å²) in [6, 6.07) is 6.19. The molecule has 3 rings (SSSR count). The average molecular weight is 332 g/mol. The van der Waals surface area contributed by atoms with Crippen LogP contribution in [0, 0.1) is 13.8 Å². The van der Waals surface area contributed by atoms with Gasteiger partial charge in [0.05, 0.1) is 5.56 Å². The van der Waals surface area contributed by atoms with Crippen molar-refractivity contribution >= 4 is 17.2 Å². The molecular weight excluding hydrogens is 308 g/mol. The second-order valence-corrected chi connectivity index (χ2v) is 7.19. The van der Waals surface area contributed by atoms with Crippen molar-refractivity contribution in [1.29, 1.82) is 0 Å². The van der Waals surface area contributed by atoms with Crippen LogP contribution in [-0.4, -0.2) is 37.0 Å². The summed E-state index contributed by atoms with van der Waals surface area (Å²) in [7, 11) is 0. The molecule has 0 aliphatic carbocycles. The summed E-state index contributed by atoms with van der Waals surface area (Å²) in [6.45, 7) is 7.52. The van der Waals surface area contributed by atoms with Crippen molar-refractivity contribution < 1.29 is 9.21 Å². The van der Waals surface area contributed by atoms with Crippen LogP contribution in [0.15, 0.2) is 28.0 Å². The Bertz CT molecular complexity index is 640. The highest BCUT2D eigenvalue weighted by atomic mass is 32.1. The molecule has 2 aromatic heterocycles. The normalized spacial score (nSPS) is 16.6. The molecule has 0 unspecified atom stereocenters. The number of carbonyl (C=O) groups excluding carboxylic acids is 1. The summed E-state index contributed by atoms with van der Waals surface area (Å²) in [5.41, 5.74) is 0.652. The number of hydrogen-bond acceptors (Lipinski definition) is 4. The van der Waals surface area contributed by atoms with E-state index in [9.17, 15) is 4.79 Å². The number of nitrogens with one attached hydrogen (secondary N) is 1. The minimum Gasteiger partial charge on any atom is -0.466 e. The average Bonchev–Trinajstić information content (AvgIpc) is 3.17. The van der Waals surface area contributed by atoms with E-state index in [-0.39, 0.29) is 5.91 Å². The highest BCUT2D eigenvalue weighted by molar-refractivity contribution is 7.10. The SMILES string of the molecule is Cc1cc(C(=O)NCCN2CCC(c3cccs3)CC2)c(C)o1. The van der Waals surface area contributed by atoms with Crippen LogP contribution in [0.4, 0.5) is 0 Å². The summed E-state index contributed by atoms with van der Waals surface area (Å²) >= 11 is 1.87. The first-order valence-corrected chi connectivity index (χ1v) is 9.12. The van der Waals surface area contributed by atoms with E-state index in [4.69, 9.17) is 4.42 Å². The zero-order valence-corrected chi connectivity index (χ0v) is 14.6. The van der Waals surface area contributed by atoms with E-state index in [1.165, 1.54) is 17.7 Å². The number of furan rings is 1. The molecule has 0 saturated carbocycles. The molecule has 124 valence electrons. The molecule has 1 amide bonds. The van der Waals surface area contributed by atoms with E-state index in [1.54, 1.807) is 6.07 Å². The number of aryl methyl sites for hydroxylation is 2. The maximum atomic E-state index is 12.1. The Labute approximate surface area is 141 Å². The fourth-order valence-corrected chi connectivity index (χ4v) is 4.14. The molecule has 0 bridgehead atoms. The lowest BCUT2D eigenvalue weighted by Gasteiger charge is -2.31. The topological polar surface area (TPSA) is 45.5 Å². The van der Waals surface area contributed by atoms with E-state index < -0.39 is 0 Å². The molecule has 1 N–H and O–H groups in total. The number of likely N-dealkylation sites (tertiary alicyclic amines) is 1. The highest BCUT2D eigenvalue weighted by Gasteiger charge is 2.21. The predicted octanol–water partition coefficient (Wildman–Crippen LogP) is 3.57. The van der Waals surface area contributed by atoms with Gasteiger partial charge in [0.25, 0.3) is 5.91 Å². The van der Waals surface area contributed by atoms with E-state index in [0.717, 1.165) is 31.3 Å². The van der Waals surface area contributed by atoms with Gasteiger partial charge in [-0.05, 0) is 63.2 Å². The van der Waals surface area contributed by atoms with Gasteiger partial charge in [0.15, 0.2) is 0 Å². The molecule has 2 aromatic rings. The number of rotatable bonds is 5. The first-order chi connectivity index (χ1) is 11.1. The van der Waals surface area contributed by atoms with Gasteiger partial charge in [-0.15, -0.1) is 11.3 Å². The number of thiophene rings is 1. The Balaban J connectivity index is 1.40. The molecule has 0 radical (unpaired) electrons. The lowest BCUT2D eigenvalue weighted by Crippen LogP contribution is -2.39. The molecule has 1 aliphatic heterocycles. The van der Waals surface area contributed by atoms with Gasteiger partial charge in [-0.3, -0.25) is 4.79 Å². The lowest BCUT2D eigenvalue weighted by molar-refractivity contribution is 0.0944. The van der Waals surface area contributed by atoms with Gasteiger partial charge in [-0.25, -0.2) is 0 Å². The minimum absolute atomic E-state index is 0.0344. The minimum atomic E-state index is -0.0344. The first-order valence-electron chi connectivity index (χ1n) is 8.24. The third kappa shape index (κ3) is 4.03. The monoisotopic (exact) mass is 332 g/mol. The van der Waals surface area contributed by atoms with E-state index in [1.807, 2.05) is 25.2 Å². The predicted molar refractivity (Wildman–Crippen MR) is 93.2 cm³/mol. The zero-order valence-electron chi connectivity index (χ0n) is 13.8. The fraction of sp³-hybridized carbons (Fsp3) is 0.500. The van der Waals surface area contributed by atoms with Gasteiger partial charge in [-0.2, -0.15) is 0 Å². The summed E-state index contributed by atoms with van der Waals surface area (Å²) in [6.07, 6.45) is 2.43. The van der Waals surface area contributed by atoms with Crippen LogP contribution in [0.1, 0.15) is 45.5 Å². The number of amides is 1. The molecule has 5 heteroatoms. The third-order valence-electron chi connectivity index (χ3n) is 4.53. The molecule has 1 fully saturated rings. The van der Waals surface area contributed by atoms with Crippen molar-refractivity contribution in [1.82, 2.24) is 10.2 Å². The van der Waals surface area contributed by atoms with Gasteiger partial charge in [0.1, 0.15) is 11.5 Å². The Morgan fingerprint density at radius 1 is 1.39 bits per heavy atom.